The highest BCUT2D eigenvalue weighted by Crippen LogP contribution is 2.76. The zero-order chi connectivity index (χ0) is 40.4. The molecule has 55 heavy (non-hydrogen) atoms. The van der Waals surface area contributed by atoms with E-state index in [-0.39, 0.29) is 41.8 Å². The fourth-order valence-corrected chi connectivity index (χ4v) is 13.8. The molecule has 0 aromatic rings. The molecule has 7 fully saturated rings. The maximum Gasteiger partial charge on any atom is 0.187 e. The summed E-state index contributed by atoms with van der Waals surface area (Å²) in [6.45, 7) is 15.7. The maximum absolute atomic E-state index is 12.5. The van der Waals surface area contributed by atoms with Crippen LogP contribution in [0.3, 0.4) is 0 Å². The first-order chi connectivity index (χ1) is 25.5. The summed E-state index contributed by atoms with van der Waals surface area (Å²) in [6, 6.07) is 0. The Kier molecular flexibility index (Phi) is 11.1. The van der Waals surface area contributed by atoms with Crippen LogP contribution < -0.4 is 0 Å². The average molecular weight is 787 g/mol. The van der Waals surface area contributed by atoms with Crippen LogP contribution in [0.25, 0.3) is 0 Å². The summed E-state index contributed by atoms with van der Waals surface area (Å²) in [5.41, 5.74) is -3.47. The molecule has 3 aliphatic heterocycles. The first kappa shape index (κ1) is 42.6. The molecule has 7 aliphatic rings. The highest BCUT2D eigenvalue weighted by Gasteiger charge is 2.74. The van der Waals surface area contributed by atoms with Crippen LogP contribution in [0.1, 0.15) is 107 Å². The molecule has 0 aromatic heterocycles. The third kappa shape index (κ3) is 6.42. The minimum absolute atomic E-state index is 0.0278. The molecule has 4 saturated carbocycles. The van der Waals surface area contributed by atoms with Crippen molar-refractivity contribution in [1.29, 1.82) is 0 Å². The third-order valence-electron chi connectivity index (χ3n) is 17.1. The molecule has 14 heteroatoms. The Labute approximate surface area is 325 Å². The molecule has 0 radical (unpaired) electrons. The molecule has 0 aromatic carbocycles. The second-order valence-electron chi connectivity index (χ2n) is 20.7. The van der Waals surface area contributed by atoms with Gasteiger partial charge < -0.3 is 69.6 Å². The summed E-state index contributed by atoms with van der Waals surface area (Å²) in [4.78, 5) is 0. The standard InChI is InChI=1S/C41H70O14/c1-36(2)25(44)10-12-38(5)19-16-26(45)41(8)24(40(7)14-11-27(55-40)37(3,4)50)9-13-39(41,6)20(19)15-22(33(36)38)52-35-32(30(48)29(47)23(17-42)53-35)54-34-31(49)28(46)21(43)18-51-34/h19-35,42-50H,9-18H2,1-8H3/t19?,20?,21-,22+,23-,24+,25?,26+,27+,28+,29-,30+,31-,32-,33?,34+,35-,38-,39-,40+,41+/m1/s1. The van der Waals surface area contributed by atoms with Gasteiger partial charge in [0.05, 0.1) is 48.8 Å². The lowest BCUT2D eigenvalue weighted by atomic mass is 9.36. The summed E-state index contributed by atoms with van der Waals surface area (Å²) in [7, 11) is 0. The lowest BCUT2D eigenvalue weighted by molar-refractivity contribution is -0.374. The molecular formula is C41H70O14. The molecule has 4 aliphatic carbocycles. The van der Waals surface area contributed by atoms with E-state index in [2.05, 4.69) is 27.7 Å². The largest absolute Gasteiger partial charge is 0.394 e. The van der Waals surface area contributed by atoms with E-state index < -0.39 is 108 Å². The van der Waals surface area contributed by atoms with Crippen molar-refractivity contribution >= 4 is 0 Å². The molecule has 3 heterocycles. The predicted molar refractivity (Wildman–Crippen MR) is 196 cm³/mol. The van der Waals surface area contributed by atoms with Gasteiger partial charge in [0.1, 0.15) is 42.7 Å². The highest BCUT2D eigenvalue weighted by molar-refractivity contribution is 5.22. The Morgan fingerprint density at radius 3 is 2.05 bits per heavy atom. The van der Waals surface area contributed by atoms with Gasteiger partial charge in [-0.05, 0) is 112 Å². The van der Waals surface area contributed by atoms with Crippen LogP contribution in [0.4, 0.5) is 0 Å². The second-order valence-corrected chi connectivity index (χ2v) is 20.7. The van der Waals surface area contributed by atoms with Crippen LogP contribution in [-0.2, 0) is 23.7 Å². The van der Waals surface area contributed by atoms with Gasteiger partial charge in [-0.3, -0.25) is 0 Å². The van der Waals surface area contributed by atoms with E-state index in [9.17, 15) is 46.0 Å². The Hall–Kier alpha value is -0.560. The molecule has 3 saturated heterocycles. The molecule has 21 atom stereocenters. The van der Waals surface area contributed by atoms with Gasteiger partial charge in [0.25, 0.3) is 0 Å². The first-order valence-electron chi connectivity index (χ1n) is 20.8. The van der Waals surface area contributed by atoms with Crippen molar-refractivity contribution in [2.75, 3.05) is 13.2 Å². The lowest BCUT2D eigenvalue weighted by Gasteiger charge is -2.70. The number of rotatable bonds is 7. The van der Waals surface area contributed by atoms with Gasteiger partial charge in [-0.1, -0.05) is 34.6 Å². The minimum atomic E-state index is -1.68. The van der Waals surface area contributed by atoms with Crippen molar-refractivity contribution in [3.63, 3.8) is 0 Å². The second kappa shape index (κ2) is 14.3. The summed E-state index contributed by atoms with van der Waals surface area (Å²) < 4.78 is 31.6. The first-order valence-corrected chi connectivity index (χ1v) is 20.8. The smallest absolute Gasteiger partial charge is 0.187 e. The number of fused-ring (bicyclic) bond motifs is 5. The molecule has 0 bridgehead atoms. The monoisotopic (exact) mass is 786 g/mol. The topological polar surface area (TPSA) is 228 Å². The van der Waals surface area contributed by atoms with Gasteiger partial charge in [0.15, 0.2) is 12.6 Å². The number of aliphatic hydroxyl groups excluding tert-OH is 8. The van der Waals surface area contributed by atoms with E-state index in [1.54, 1.807) is 13.8 Å². The molecule has 7 rings (SSSR count). The highest BCUT2D eigenvalue weighted by atomic mass is 16.8. The molecule has 4 unspecified atom stereocenters. The average Bonchev–Trinajstić information content (AvgIpc) is 3.66. The number of hydrogen-bond acceptors (Lipinski definition) is 14. The Morgan fingerprint density at radius 1 is 0.727 bits per heavy atom. The van der Waals surface area contributed by atoms with Crippen LogP contribution in [0.2, 0.25) is 0 Å². The van der Waals surface area contributed by atoms with E-state index in [4.69, 9.17) is 23.7 Å². The predicted octanol–water partition coefficient (Wildman–Crippen LogP) is 0.970. The third-order valence-corrected chi connectivity index (χ3v) is 17.1. The van der Waals surface area contributed by atoms with Gasteiger partial charge >= 0.3 is 0 Å². The van der Waals surface area contributed by atoms with Gasteiger partial charge in [-0.25, -0.2) is 0 Å². The summed E-state index contributed by atoms with van der Waals surface area (Å²) in [5.74, 6) is -0.0709. The van der Waals surface area contributed by atoms with Gasteiger partial charge in [-0.15, -0.1) is 0 Å². The van der Waals surface area contributed by atoms with E-state index in [0.29, 0.717) is 25.7 Å². The van der Waals surface area contributed by atoms with E-state index in [1.807, 2.05) is 13.8 Å². The number of ether oxygens (including phenoxy) is 5. The van der Waals surface area contributed by atoms with Crippen molar-refractivity contribution in [2.45, 2.75) is 198 Å². The Morgan fingerprint density at radius 2 is 1.42 bits per heavy atom. The fourth-order valence-electron chi connectivity index (χ4n) is 13.8. The van der Waals surface area contributed by atoms with Crippen molar-refractivity contribution in [2.24, 2.45) is 45.3 Å². The van der Waals surface area contributed by atoms with Crippen molar-refractivity contribution < 1.29 is 69.6 Å². The normalized spacial score (nSPS) is 56.8. The number of hydrogen-bond donors (Lipinski definition) is 9. The van der Waals surface area contributed by atoms with Gasteiger partial charge in [0.2, 0.25) is 0 Å². The molecule has 14 nitrogen and oxygen atoms in total. The van der Waals surface area contributed by atoms with E-state index >= 15 is 0 Å². The quantitative estimate of drug-likeness (QED) is 0.164. The van der Waals surface area contributed by atoms with Crippen LogP contribution in [-0.4, -0.2) is 150 Å². The van der Waals surface area contributed by atoms with Crippen molar-refractivity contribution in [3.05, 3.63) is 0 Å². The van der Waals surface area contributed by atoms with Crippen molar-refractivity contribution in [3.8, 4) is 0 Å². The molecule has 318 valence electrons. The zero-order valence-corrected chi connectivity index (χ0v) is 34.0. The van der Waals surface area contributed by atoms with Crippen LogP contribution >= 0.6 is 0 Å². The SMILES string of the molecule is CC1(C)C(O)CC[C@]2(C)C3C[C@H](O)[C@]4(C)[C@H]([C@]5(C)CC[C@@H](C(C)(C)O)O5)CC[C@]4(C)C3C[C@H](O[C@@H]3O[C@H](CO)[C@@H](O)[C@H](O)[C@H]3O[C@@H]3OC[C@@H](O)[C@H](O)[C@H]3O)C12. The van der Waals surface area contributed by atoms with Crippen LogP contribution in [0, 0.1) is 45.3 Å². The van der Waals surface area contributed by atoms with Crippen LogP contribution in [0.5, 0.6) is 0 Å². The van der Waals surface area contributed by atoms with Gasteiger partial charge in [-0.2, -0.15) is 0 Å². The van der Waals surface area contributed by atoms with E-state index in [0.717, 1.165) is 25.7 Å². The fraction of sp³-hybridized carbons (Fsp3) is 1.00. The number of aliphatic hydroxyl groups is 9. The summed E-state index contributed by atoms with van der Waals surface area (Å²) in [5, 5.41) is 98.8. The van der Waals surface area contributed by atoms with Crippen molar-refractivity contribution in [1.82, 2.24) is 0 Å². The Bertz CT molecular complexity index is 1390. The summed E-state index contributed by atoms with van der Waals surface area (Å²) in [6.07, 6.45) is -9.87. The molecular weight excluding hydrogens is 716 g/mol. The zero-order valence-electron chi connectivity index (χ0n) is 34.0. The maximum atomic E-state index is 12.5. The van der Waals surface area contributed by atoms with Gasteiger partial charge in [0, 0.05) is 5.41 Å². The summed E-state index contributed by atoms with van der Waals surface area (Å²) >= 11 is 0. The van der Waals surface area contributed by atoms with Crippen LogP contribution in [0.15, 0.2) is 0 Å². The minimum Gasteiger partial charge on any atom is -0.394 e. The lowest BCUT2D eigenvalue weighted by Crippen LogP contribution is -2.70. The molecule has 0 spiro atoms. The van der Waals surface area contributed by atoms with E-state index in [1.165, 1.54) is 0 Å². The molecule has 9 N–H and O–H groups in total. The Balaban J connectivity index is 1.25. The molecule has 0 amide bonds.